The lowest BCUT2D eigenvalue weighted by molar-refractivity contribution is 0.546. The second-order valence-corrected chi connectivity index (χ2v) is 1.66. The van der Waals surface area contributed by atoms with Crippen molar-refractivity contribution in [3.8, 4) is 6.07 Å². The van der Waals surface area contributed by atoms with E-state index < -0.39 is 5.66 Å². The largest absolute Gasteiger partial charge is 0.278 e. The van der Waals surface area contributed by atoms with Gasteiger partial charge in [0.2, 0.25) is 0 Å². The van der Waals surface area contributed by atoms with Crippen LogP contribution in [0.2, 0.25) is 0 Å². The molecule has 0 saturated heterocycles. The zero-order valence-corrected chi connectivity index (χ0v) is 4.94. The molecule has 0 amide bonds. The van der Waals surface area contributed by atoms with Gasteiger partial charge in [0.05, 0.1) is 0 Å². The summed E-state index contributed by atoms with van der Waals surface area (Å²) in [5.74, 6) is 0. The number of nitriles is 1. The zero-order chi connectivity index (χ0) is 6.74. The number of rotatable bonds is 1. The lowest BCUT2D eigenvalue weighted by Crippen LogP contribution is -2.15. The number of nitrogens with zero attached hydrogens (tertiary/aromatic N) is 5. The Balaban J connectivity index is 2.85. The van der Waals surface area contributed by atoms with Crippen LogP contribution in [0.5, 0.6) is 0 Å². The van der Waals surface area contributed by atoms with Crippen LogP contribution < -0.4 is 0 Å². The van der Waals surface area contributed by atoms with Crippen molar-refractivity contribution in [1.82, 2.24) is 0 Å². The molecule has 1 rings (SSSR count). The fourth-order valence-corrected chi connectivity index (χ4v) is 0.473. The van der Waals surface area contributed by atoms with E-state index in [0.717, 1.165) is 0 Å². The molecule has 0 aromatic rings. The van der Waals surface area contributed by atoms with Crippen LogP contribution in [0.4, 0.5) is 0 Å². The van der Waals surface area contributed by atoms with E-state index in [0.29, 0.717) is 6.42 Å². The van der Waals surface area contributed by atoms with Crippen LogP contribution in [-0.2, 0) is 0 Å². The fourth-order valence-electron chi connectivity index (χ4n) is 0.473. The van der Waals surface area contributed by atoms with E-state index in [2.05, 4.69) is 20.7 Å². The van der Waals surface area contributed by atoms with Crippen molar-refractivity contribution in [1.29, 1.82) is 5.26 Å². The number of hydrogen-bond donors (Lipinski definition) is 0. The highest BCUT2D eigenvalue weighted by Gasteiger charge is 2.30. The Morgan fingerprint density at radius 3 is 2.22 bits per heavy atom. The summed E-state index contributed by atoms with van der Waals surface area (Å²) in [5.41, 5.74) is -1.00. The van der Waals surface area contributed by atoms with Gasteiger partial charge in [0, 0.05) is 6.42 Å². The molecule has 0 bridgehead atoms. The zero-order valence-electron chi connectivity index (χ0n) is 4.94. The first-order valence-corrected chi connectivity index (χ1v) is 2.58. The molecule has 0 aliphatic carbocycles. The maximum Gasteiger partial charge on any atom is 0.278 e. The summed E-state index contributed by atoms with van der Waals surface area (Å²) < 4.78 is 0. The van der Waals surface area contributed by atoms with Gasteiger partial charge in [-0.2, -0.15) is 5.26 Å². The second kappa shape index (κ2) is 1.90. The Labute approximate surface area is 52.1 Å². The molecule has 0 spiro atoms. The van der Waals surface area contributed by atoms with Crippen LogP contribution in [0.1, 0.15) is 13.3 Å². The monoisotopic (exact) mass is 123 g/mol. The standard InChI is InChI=1S/C4H5N5/c1-2-4(3-5)6-8-9-7-4/h2H2,1H3. The maximum absolute atomic E-state index is 8.46. The summed E-state index contributed by atoms with van der Waals surface area (Å²) in [7, 11) is 0. The lowest BCUT2D eigenvalue weighted by atomic mass is 10.2. The van der Waals surface area contributed by atoms with Crippen LogP contribution >= 0.6 is 0 Å². The second-order valence-electron chi connectivity index (χ2n) is 1.66. The molecule has 5 nitrogen and oxygen atoms in total. The van der Waals surface area contributed by atoms with Gasteiger partial charge in [0.15, 0.2) is 0 Å². The van der Waals surface area contributed by atoms with Crippen molar-refractivity contribution in [2.24, 2.45) is 20.7 Å². The average molecular weight is 123 g/mol. The van der Waals surface area contributed by atoms with Gasteiger partial charge in [0.1, 0.15) is 6.07 Å². The predicted molar refractivity (Wildman–Crippen MR) is 28.3 cm³/mol. The van der Waals surface area contributed by atoms with Gasteiger partial charge in [-0.1, -0.05) is 6.92 Å². The summed E-state index contributed by atoms with van der Waals surface area (Å²) in [6, 6.07) is 1.91. The smallest absolute Gasteiger partial charge is 0.193 e. The topological polar surface area (TPSA) is 73.2 Å². The molecule has 9 heavy (non-hydrogen) atoms. The summed E-state index contributed by atoms with van der Waals surface area (Å²) >= 11 is 0. The van der Waals surface area contributed by atoms with E-state index in [-0.39, 0.29) is 0 Å². The minimum atomic E-state index is -1.00. The van der Waals surface area contributed by atoms with Gasteiger partial charge in [0.25, 0.3) is 5.66 Å². The third-order valence-corrected chi connectivity index (χ3v) is 1.13. The minimum Gasteiger partial charge on any atom is -0.193 e. The molecule has 0 aromatic heterocycles. The number of hydrogen-bond acceptors (Lipinski definition) is 5. The molecule has 0 aromatic carbocycles. The molecule has 0 unspecified atom stereocenters. The van der Waals surface area contributed by atoms with E-state index in [9.17, 15) is 0 Å². The lowest BCUT2D eigenvalue weighted by Gasteiger charge is -2.03. The van der Waals surface area contributed by atoms with Crippen LogP contribution in [0.3, 0.4) is 0 Å². The predicted octanol–water partition coefficient (Wildman–Crippen LogP) is 1.45. The third-order valence-electron chi connectivity index (χ3n) is 1.13. The Kier molecular flexibility index (Phi) is 1.23. The van der Waals surface area contributed by atoms with Crippen molar-refractivity contribution in [2.45, 2.75) is 19.0 Å². The van der Waals surface area contributed by atoms with Crippen molar-refractivity contribution in [2.75, 3.05) is 0 Å². The third kappa shape index (κ3) is 0.785. The first-order valence-electron chi connectivity index (χ1n) is 2.58. The van der Waals surface area contributed by atoms with Gasteiger partial charge in [-0.05, 0) is 10.4 Å². The molecule has 1 heterocycles. The highest BCUT2D eigenvalue weighted by Crippen LogP contribution is 2.22. The highest BCUT2D eigenvalue weighted by molar-refractivity contribution is 5.03. The van der Waals surface area contributed by atoms with Crippen molar-refractivity contribution in [3.05, 3.63) is 0 Å². The summed E-state index contributed by atoms with van der Waals surface area (Å²) in [4.78, 5) is 0. The molecule has 1 aliphatic rings. The first kappa shape index (κ1) is 5.82. The van der Waals surface area contributed by atoms with Gasteiger partial charge in [-0.15, -0.1) is 10.2 Å². The van der Waals surface area contributed by atoms with Crippen molar-refractivity contribution in [3.63, 3.8) is 0 Å². The maximum atomic E-state index is 8.46. The van der Waals surface area contributed by atoms with E-state index >= 15 is 0 Å². The fraction of sp³-hybridized carbons (Fsp3) is 0.750. The van der Waals surface area contributed by atoms with Crippen molar-refractivity contribution < 1.29 is 0 Å². The molecule has 5 heteroatoms. The molecule has 1 aliphatic heterocycles. The Morgan fingerprint density at radius 2 is 2.00 bits per heavy atom. The van der Waals surface area contributed by atoms with E-state index in [1.54, 1.807) is 0 Å². The van der Waals surface area contributed by atoms with E-state index in [1.165, 1.54) is 0 Å². The molecular weight excluding hydrogens is 118 g/mol. The molecule has 0 fully saturated rings. The van der Waals surface area contributed by atoms with E-state index in [4.69, 9.17) is 5.26 Å². The normalized spacial score (nSPS) is 20.0. The summed E-state index contributed by atoms with van der Waals surface area (Å²) in [6.45, 7) is 1.81. The van der Waals surface area contributed by atoms with Gasteiger partial charge >= 0.3 is 0 Å². The quantitative estimate of drug-likeness (QED) is 0.520. The molecule has 0 atom stereocenters. The molecule has 0 radical (unpaired) electrons. The highest BCUT2D eigenvalue weighted by atomic mass is 15.6. The summed E-state index contributed by atoms with van der Waals surface area (Å²) in [5, 5.41) is 22.0. The van der Waals surface area contributed by atoms with Crippen LogP contribution in [-0.4, -0.2) is 5.66 Å². The van der Waals surface area contributed by atoms with Crippen molar-refractivity contribution >= 4 is 0 Å². The van der Waals surface area contributed by atoms with Gasteiger partial charge < -0.3 is 0 Å². The van der Waals surface area contributed by atoms with Gasteiger partial charge in [-0.3, -0.25) is 0 Å². The van der Waals surface area contributed by atoms with Crippen LogP contribution in [0.15, 0.2) is 20.7 Å². The van der Waals surface area contributed by atoms with Crippen LogP contribution in [0, 0.1) is 11.3 Å². The van der Waals surface area contributed by atoms with Gasteiger partial charge in [-0.25, -0.2) is 0 Å². The average Bonchev–Trinajstić information content (AvgIpc) is 2.36. The Morgan fingerprint density at radius 1 is 1.44 bits per heavy atom. The van der Waals surface area contributed by atoms with E-state index in [1.807, 2.05) is 13.0 Å². The first-order chi connectivity index (χ1) is 4.33. The molecule has 0 N–H and O–H groups in total. The molecule has 0 saturated carbocycles. The molecule has 46 valence electrons. The summed E-state index contributed by atoms with van der Waals surface area (Å²) in [6.07, 6.45) is 0.524. The SMILES string of the molecule is CCC1(C#N)N=NN=N1. The minimum absolute atomic E-state index is 0.524. The molecular formula is C4H5N5. The Bertz CT molecular complexity index is 185. The Hall–Kier alpha value is -1.31. The van der Waals surface area contributed by atoms with Crippen LogP contribution in [0.25, 0.3) is 0 Å².